The topological polar surface area (TPSA) is 60.7 Å². The van der Waals surface area contributed by atoms with Crippen molar-refractivity contribution in [1.29, 1.82) is 0 Å². The third-order valence-corrected chi connectivity index (χ3v) is 4.89. The summed E-state index contributed by atoms with van der Waals surface area (Å²) in [5.41, 5.74) is 2.31. The lowest BCUT2D eigenvalue weighted by Crippen LogP contribution is -2.52. The van der Waals surface area contributed by atoms with Crippen molar-refractivity contribution in [1.82, 2.24) is 30.2 Å². The van der Waals surface area contributed by atoms with E-state index in [0.29, 0.717) is 6.04 Å². The maximum absolute atomic E-state index is 4.50. The van der Waals surface area contributed by atoms with E-state index < -0.39 is 0 Å². The molecule has 0 aliphatic carbocycles. The van der Waals surface area contributed by atoms with Crippen molar-refractivity contribution in [3.8, 4) is 0 Å². The van der Waals surface area contributed by atoms with Crippen molar-refractivity contribution < 1.29 is 0 Å². The van der Waals surface area contributed by atoms with E-state index in [1.54, 1.807) is 0 Å². The molecule has 1 aliphatic rings. The van der Waals surface area contributed by atoms with E-state index in [2.05, 4.69) is 62.2 Å². The molecule has 0 aromatic carbocycles. The number of likely N-dealkylation sites (N-methyl/N-ethyl adjacent to an activating group) is 1. The summed E-state index contributed by atoms with van der Waals surface area (Å²) in [4.78, 5) is 9.26. The Morgan fingerprint density at radius 2 is 1.96 bits per heavy atom. The van der Waals surface area contributed by atoms with E-state index >= 15 is 0 Å². The number of nitrogens with one attached hydrogen (secondary N) is 2. The standard InChI is InChI=1S/C18H35N7/c1-15-13-16(2)25(22-15)8-6-7-20-18(19-4)21-14-17(3)24-11-9-23(5)10-12-24/h13,17H,6-12,14H2,1-5H3,(H2,19,20,21). The lowest BCUT2D eigenvalue weighted by atomic mass is 10.2. The molecule has 2 rings (SSSR count). The molecular weight excluding hydrogens is 314 g/mol. The second kappa shape index (κ2) is 9.77. The summed E-state index contributed by atoms with van der Waals surface area (Å²) in [5.74, 6) is 0.884. The van der Waals surface area contributed by atoms with E-state index in [1.165, 1.54) is 5.69 Å². The van der Waals surface area contributed by atoms with Crippen LogP contribution in [0.1, 0.15) is 24.7 Å². The molecule has 25 heavy (non-hydrogen) atoms. The van der Waals surface area contributed by atoms with Gasteiger partial charge in [0, 0.05) is 64.6 Å². The SMILES string of the molecule is CN=C(NCCCn1nc(C)cc1C)NCC(C)N1CCN(C)CC1. The Balaban J connectivity index is 1.64. The highest BCUT2D eigenvalue weighted by Crippen LogP contribution is 2.04. The third kappa shape index (κ3) is 6.32. The second-order valence-electron chi connectivity index (χ2n) is 7.07. The average Bonchev–Trinajstić information content (AvgIpc) is 2.92. The largest absolute Gasteiger partial charge is 0.356 e. The third-order valence-electron chi connectivity index (χ3n) is 4.89. The van der Waals surface area contributed by atoms with Crippen LogP contribution in [0, 0.1) is 13.8 Å². The molecule has 2 heterocycles. The van der Waals surface area contributed by atoms with Crippen LogP contribution in [0.15, 0.2) is 11.1 Å². The minimum absolute atomic E-state index is 0.516. The van der Waals surface area contributed by atoms with Crippen LogP contribution in [0.25, 0.3) is 0 Å². The molecule has 0 amide bonds. The number of guanidine groups is 1. The molecule has 0 bridgehead atoms. The fraction of sp³-hybridized carbons (Fsp3) is 0.778. The summed E-state index contributed by atoms with van der Waals surface area (Å²) in [5, 5.41) is 11.4. The molecule has 142 valence electrons. The minimum Gasteiger partial charge on any atom is -0.356 e. The van der Waals surface area contributed by atoms with Crippen molar-refractivity contribution >= 4 is 5.96 Å². The molecule has 1 aromatic heterocycles. The number of hydrogen-bond donors (Lipinski definition) is 2. The number of hydrogen-bond acceptors (Lipinski definition) is 4. The Labute approximate surface area is 152 Å². The number of aromatic nitrogens is 2. The Bertz CT molecular complexity index is 544. The number of aliphatic imine (C=N–C) groups is 1. The summed E-state index contributed by atoms with van der Waals surface area (Å²) in [6, 6.07) is 2.63. The smallest absolute Gasteiger partial charge is 0.191 e. The molecule has 1 aromatic rings. The molecule has 2 N–H and O–H groups in total. The van der Waals surface area contributed by atoms with Crippen LogP contribution >= 0.6 is 0 Å². The first-order valence-corrected chi connectivity index (χ1v) is 9.37. The van der Waals surface area contributed by atoms with Crippen LogP contribution in [0.4, 0.5) is 0 Å². The van der Waals surface area contributed by atoms with Crippen molar-refractivity contribution in [2.45, 2.75) is 39.8 Å². The van der Waals surface area contributed by atoms with Gasteiger partial charge in [-0.3, -0.25) is 14.6 Å². The van der Waals surface area contributed by atoms with Gasteiger partial charge in [0.2, 0.25) is 0 Å². The average molecular weight is 350 g/mol. The van der Waals surface area contributed by atoms with Crippen LogP contribution in [0.3, 0.4) is 0 Å². The summed E-state index contributed by atoms with van der Waals surface area (Å²) in [7, 11) is 4.02. The number of rotatable bonds is 7. The van der Waals surface area contributed by atoms with Gasteiger partial charge >= 0.3 is 0 Å². The highest BCUT2D eigenvalue weighted by atomic mass is 15.3. The highest BCUT2D eigenvalue weighted by molar-refractivity contribution is 5.79. The molecule has 1 atom stereocenters. The zero-order chi connectivity index (χ0) is 18.2. The maximum atomic E-state index is 4.50. The van der Waals surface area contributed by atoms with Gasteiger partial charge in [0.15, 0.2) is 5.96 Å². The van der Waals surface area contributed by atoms with E-state index in [9.17, 15) is 0 Å². The van der Waals surface area contributed by atoms with Gasteiger partial charge in [0.05, 0.1) is 5.69 Å². The lowest BCUT2D eigenvalue weighted by molar-refractivity contribution is 0.120. The molecule has 0 saturated carbocycles. The van der Waals surface area contributed by atoms with Crippen LogP contribution in [0.5, 0.6) is 0 Å². The first-order chi connectivity index (χ1) is 12.0. The zero-order valence-electron chi connectivity index (χ0n) is 16.5. The molecule has 0 radical (unpaired) electrons. The van der Waals surface area contributed by atoms with Gasteiger partial charge < -0.3 is 15.5 Å². The fourth-order valence-corrected chi connectivity index (χ4v) is 3.19. The van der Waals surface area contributed by atoms with Crippen LogP contribution in [0.2, 0.25) is 0 Å². The van der Waals surface area contributed by atoms with Crippen molar-refractivity contribution in [3.05, 3.63) is 17.5 Å². The van der Waals surface area contributed by atoms with Gasteiger partial charge in [0.25, 0.3) is 0 Å². The Morgan fingerprint density at radius 1 is 1.24 bits per heavy atom. The summed E-state index contributed by atoms with van der Waals surface area (Å²) in [6.45, 7) is 13.8. The molecule has 1 fully saturated rings. The molecule has 0 spiro atoms. The summed E-state index contributed by atoms with van der Waals surface area (Å²) >= 11 is 0. The number of nitrogens with zero attached hydrogens (tertiary/aromatic N) is 5. The Kier molecular flexibility index (Phi) is 7.71. The predicted octanol–water partition coefficient (Wildman–Crippen LogP) is 0.691. The Morgan fingerprint density at radius 3 is 2.56 bits per heavy atom. The van der Waals surface area contributed by atoms with Gasteiger partial charge in [0.1, 0.15) is 0 Å². The van der Waals surface area contributed by atoms with Gasteiger partial charge in [-0.1, -0.05) is 0 Å². The van der Waals surface area contributed by atoms with Gasteiger partial charge in [-0.2, -0.15) is 5.10 Å². The van der Waals surface area contributed by atoms with Crippen molar-refractivity contribution in [2.75, 3.05) is 53.4 Å². The summed E-state index contributed by atoms with van der Waals surface area (Å²) in [6.07, 6.45) is 1.02. The van der Waals surface area contributed by atoms with E-state index in [4.69, 9.17) is 0 Å². The maximum Gasteiger partial charge on any atom is 0.191 e. The monoisotopic (exact) mass is 349 g/mol. The fourth-order valence-electron chi connectivity index (χ4n) is 3.19. The molecule has 7 heteroatoms. The quantitative estimate of drug-likeness (QED) is 0.431. The number of aryl methyl sites for hydroxylation is 3. The zero-order valence-corrected chi connectivity index (χ0v) is 16.5. The molecule has 7 nitrogen and oxygen atoms in total. The highest BCUT2D eigenvalue weighted by Gasteiger charge is 2.18. The summed E-state index contributed by atoms with van der Waals surface area (Å²) < 4.78 is 2.07. The molecule has 1 saturated heterocycles. The van der Waals surface area contributed by atoms with E-state index in [0.717, 1.165) is 63.9 Å². The van der Waals surface area contributed by atoms with Gasteiger partial charge in [-0.05, 0) is 40.3 Å². The molecular formula is C18H35N7. The first kappa shape index (κ1) is 19.7. The molecule has 1 unspecified atom stereocenters. The van der Waals surface area contributed by atoms with Gasteiger partial charge in [-0.15, -0.1) is 0 Å². The van der Waals surface area contributed by atoms with E-state index in [-0.39, 0.29) is 0 Å². The van der Waals surface area contributed by atoms with Crippen molar-refractivity contribution in [2.24, 2.45) is 4.99 Å². The normalized spacial score (nSPS) is 18.4. The Hall–Kier alpha value is -1.60. The van der Waals surface area contributed by atoms with Crippen molar-refractivity contribution in [3.63, 3.8) is 0 Å². The minimum atomic E-state index is 0.516. The van der Waals surface area contributed by atoms with Gasteiger partial charge in [-0.25, -0.2) is 0 Å². The van der Waals surface area contributed by atoms with E-state index in [1.807, 2.05) is 14.0 Å². The second-order valence-corrected chi connectivity index (χ2v) is 7.07. The first-order valence-electron chi connectivity index (χ1n) is 9.37. The number of piperazine rings is 1. The predicted molar refractivity (Wildman–Crippen MR) is 104 cm³/mol. The van der Waals surface area contributed by atoms with Crippen LogP contribution in [-0.4, -0.2) is 84.9 Å². The lowest BCUT2D eigenvalue weighted by Gasteiger charge is -2.36. The molecule has 1 aliphatic heterocycles. The van der Waals surface area contributed by atoms with Crippen LogP contribution in [-0.2, 0) is 6.54 Å². The van der Waals surface area contributed by atoms with Crippen LogP contribution < -0.4 is 10.6 Å².